The third-order valence-electron chi connectivity index (χ3n) is 11.0. The molecule has 0 bridgehead atoms. The first-order chi connectivity index (χ1) is 26.8. The molecule has 1 nitrogen and oxygen atoms in total. The Kier molecular flexibility index (Phi) is 7.11. The van der Waals surface area contributed by atoms with Crippen LogP contribution in [0, 0.1) is 0 Å². The monoisotopic (exact) mass is 703 g/mol. The van der Waals surface area contributed by atoms with Crippen LogP contribution in [0.4, 0.5) is 17.1 Å². The van der Waals surface area contributed by atoms with Gasteiger partial charge in [0.05, 0.1) is 11.4 Å². The quantitative estimate of drug-likeness (QED) is 0.161. The molecule has 0 amide bonds. The minimum atomic E-state index is 1.14. The molecule has 0 saturated heterocycles. The Morgan fingerprint density at radius 2 is 0.889 bits per heavy atom. The number of fused-ring (bicyclic) bond motifs is 8. The van der Waals surface area contributed by atoms with Crippen LogP contribution < -0.4 is 4.90 Å². The SMILES string of the molecule is c1ccc(-c2ccccc2N(c2ccc3c(c2)sc2cc4ccccc4cc23)c2cccc3c(-c4cc5ccccc5c5ccccc45)cccc23)cc1. The average molecular weight is 704 g/mol. The third-order valence-corrected chi connectivity index (χ3v) is 12.1. The van der Waals surface area contributed by atoms with Gasteiger partial charge in [-0.2, -0.15) is 0 Å². The number of nitrogens with zero attached hydrogens (tertiary/aromatic N) is 1. The molecule has 252 valence electrons. The van der Waals surface area contributed by atoms with Crippen molar-refractivity contribution in [2.45, 2.75) is 0 Å². The first-order valence-corrected chi connectivity index (χ1v) is 19.3. The van der Waals surface area contributed by atoms with Crippen LogP contribution in [-0.2, 0) is 0 Å². The highest BCUT2D eigenvalue weighted by Gasteiger charge is 2.21. The average Bonchev–Trinajstić information content (AvgIpc) is 3.59. The van der Waals surface area contributed by atoms with Crippen LogP contribution in [0.25, 0.3) is 85.5 Å². The Bertz CT molecular complexity index is 3230. The van der Waals surface area contributed by atoms with Crippen molar-refractivity contribution < 1.29 is 0 Å². The van der Waals surface area contributed by atoms with E-state index in [-0.39, 0.29) is 0 Å². The van der Waals surface area contributed by atoms with Crippen molar-refractivity contribution in [3.63, 3.8) is 0 Å². The van der Waals surface area contributed by atoms with Gasteiger partial charge in [-0.3, -0.25) is 0 Å². The third kappa shape index (κ3) is 4.92. The van der Waals surface area contributed by atoms with Crippen molar-refractivity contribution in [1.29, 1.82) is 0 Å². The largest absolute Gasteiger partial charge is 0.309 e. The van der Waals surface area contributed by atoms with Crippen molar-refractivity contribution in [2.24, 2.45) is 0 Å². The zero-order valence-corrected chi connectivity index (χ0v) is 30.2. The molecule has 0 spiro atoms. The lowest BCUT2D eigenvalue weighted by Gasteiger charge is -2.29. The first kappa shape index (κ1) is 30.8. The lowest BCUT2D eigenvalue weighted by molar-refractivity contribution is 1.30. The van der Waals surface area contributed by atoms with E-state index in [1.54, 1.807) is 0 Å². The van der Waals surface area contributed by atoms with E-state index in [1.807, 2.05) is 11.3 Å². The molecular formula is C52H33NS. The standard InChI is InChI=1S/C52H33NS/c1-2-14-34(15-3-1)40-20-10-11-26-49(40)53(38-28-29-46-48-30-35-16-4-5-17-36(35)32-51(48)54-52(46)33-38)50-27-13-24-42-44(23-12-25-45(42)50)47-31-37-18-6-7-19-39(37)41-21-8-9-22-43(41)47/h1-33H. The van der Waals surface area contributed by atoms with Crippen molar-refractivity contribution in [3.8, 4) is 22.3 Å². The number of rotatable bonds is 5. The molecule has 0 unspecified atom stereocenters. The van der Waals surface area contributed by atoms with Gasteiger partial charge < -0.3 is 4.90 Å². The van der Waals surface area contributed by atoms with E-state index >= 15 is 0 Å². The van der Waals surface area contributed by atoms with Crippen molar-refractivity contribution in [1.82, 2.24) is 0 Å². The number of hydrogen-bond donors (Lipinski definition) is 0. The zero-order chi connectivity index (χ0) is 35.6. The molecule has 1 heterocycles. The van der Waals surface area contributed by atoms with Crippen LogP contribution in [0.1, 0.15) is 0 Å². The topological polar surface area (TPSA) is 3.24 Å². The van der Waals surface area contributed by atoms with Gasteiger partial charge in [0.2, 0.25) is 0 Å². The number of anilines is 3. The number of hydrogen-bond acceptors (Lipinski definition) is 2. The van der Waals surface area contributed by atoms with Crippen molar-refractivity contribution in [2.75, 3.05) is 4.90 Å². The smallest absolute Gasteiger partial charge is 0.0540 e. The van der Waals surface area contributed by atoms with Gasteiger partial charge in [-0.05, 0) is 96.9 Å². The van der Waals surface area contributed by atoms with Gasteiger partial charge in [0.1, 0.15) is 0 Å². The summed E-state index contributed by atoms with van der Waals surface area (Å²) in [6.45, 7) is 0. The van der Waals surface area contributed by atoms with Crippen molar-refractivity contribution in [3.05, 3.63) is 200 Å². The predicted octanol–water partition coefficient (Wildman–Crippen LogP) is 15.5. The fourth-order valence-electron chi connectivity index (χ4n) is 8.53. The molecule has 11 rings (SSSR count). The summed E-state index contributed by atoms with van der Waals surface area (Å²) in [6, 6.07) is 73.6. The van der Waals surface area contributed by atoms with E-state index in [9.17, 15) is 0 Å². The lowest BCUT2D eigenvalue weighted by Crippen LogP contribution is -2.11. The van der Waals surface area contributed by atoms with Crippen LogP contribution in [0.3, 0.4) is 0 Å². The fraction of sp³-hybridized carbons (Fsp3) is 0. The summed E-state index contributed by atoms with van der Waals surface area (Å²) in [5, 5.41) is 12.7. The normalized spacial score (nSPS) is 11.7. The van der Waals surface area contributed by atoms with Gasteiger partial charge in [-0.15, -0.1) is 11.3 Å². The van der Waals surface area contributed by atoms with E-state index < -0.39 is 0 Å². The molecule has 0 fully saturated rings. The molecule has 0 saturated carbocycles. The zero-order valence-electron chi connectivity index (χ0n) is 29.4. The fourth-order valence-corrected chi connectivity index (χ4v) is 9.70. The van der Waals surface area contributed by atoms with E-state index in [1.165, 1.54) is 85.5 Å². The van der Waals surface area contributed by atoms with Gasteiger partial charge in [-0.1, -0.05) is 158 Å². The number of thiophene rings is 1. The molecule has 10 aromatic carbocycles. The molecule has 54 heavy (non-hydrogen) atoms. The highest BCUT2D eigenvalue weighted by molar-refractivity contribution is 7.26. The van der Waals surface area contributed by atoms with Gasteiger partial charge in [0.25, 0.3) is 0 Å². The van der Waals surface area contributed by atoms with Gasteiger partial charge in [-0.25, -0.2) is 0 Å². The maximum atomic E-state index is 2.48. The predicted molar refractivity (Wildman–Crippen MR) is 235 cm³/mol. The molecule has 11 aromatic rings. The molecule has 0 radical (unpaired) electrons. The van der Waals surface area contributed by atoms with Crippen LogP contribution in [0.15, 0.2) is 200 Å². The van der Waals surface area contributed by atoms with Crippen LogP contribution >= 0.6 is 11.3 Å². The molecule has 0 aliphatic heterocycles. The summed E-state index contributed by atoms with van der Waals surface area (Å²) in [7, 11) is 0. The van der Waals surface area contributed by atoms with Crippen LogP contribution in [-0.4, -0.2) is 0 Å². The molecule has 2 heteroatoms. The van der Waals surface area contributed by atoms with E-state index in [4.69, 9.17) is 0 Å². The number of benzene rings is 10. The highest BCUT2D eigenvalue weighted by atomic mass is 32.1. The van der Waals surface area contributed by atoms with E-state index in [2.05, 4.69) is 205 Å². The Morgan fingerprint density at radius 3 is 1.76 bits per heavy atom. The maximum absolute atomic E-state index is 2.48. The second-order valence-electron chi connectivity index (χ2n) is 14.1. The molecule has 0 aliphatic rings. The summed E-state index contributed by atoms with van der Waals surface area (Å²) in [4.78, 5) is 2.48. The van der Waals surface area contributed by atoms with Gasteiger partial charge in [0.15, 0.2) is 0 Å². The first-order valence-electron chi connectivity index (χ1n) is 18.5. The van der Waals surface area contributed by atoms with Crippen LogP contribution in [0.2, 0.25) is 0 Å². The Hall–Kier alpha value is -6.74. The highest BCUT2D eigenvalue weighted by Crippen LogP contribution is 2.47. The van der Waals surface area contributed by atoms with E-state index in [0.29, 0.717) is 0 Å². The second kappa shape index (κ2) is 12.4. The Balaban J connectivity index is 1.17. The molecule has 0 N–H and O–H groups in total. The van der Waals surface area contributed by atoms with Gasteiger partial charge in [0, 0.05) is 36.8 Å². The molecule has 1 aromatic heterocycles. The summed E-state index contributed by atoms with van der Waals surface area (Å²) in [5.41, 5.74) is 8.29. The molecular weight excluding hydrogens is 671 g/mol. The number of para-hydroxylation sites is 1. The lowest BCUT2D eigenvalue weighted by atomic mass is 9.90. The Labute approximate surface area is 317 Å². The minimum Gasteiger partial charge on any atom is -0.309 e. The van der Waals surface area contributed by atoms with Gasteiger partial charge >= 0.3 is 0 Å². The summed E-state index contributed by atoms with van der Waals surface area (Å²) < 4.78 is 2.60. The van der Waals surface area contributed by atoms with E-state index in [0.717, 1.165) is 17.1 Å². The maximum Gasteiger partial charge on any atom is 0.0540 e. The summed E-state index contributed by atoms with van der Waals surface area (Å²) >= 11 is 1.88. The summed E-state index contributed by atoms with van der Waals surface area (Å²) in [6.07, 6.45) is 0. The second-order valence-corrected chi connectivity index (χ2v) is 15.1. The summed E-state index contributed by atoms with van der Waals surface area (Å²) in [5.74, 6) is 0. The molecule has 0 atom stereocenters. The molecule has 0 aliphatic carbocycles. The Morgan fingerprint density at radius 1 is 0.296 bits per heavy atom. The van der Waals surface area contributed by atoms with Crippen LogP contribution in [0.5, 0.6) is 0 Å². The minimum absolute atomic E-state index is 1.14. The van der Waals surface area contributed by atoms with Crippen molar-refractivity contribution >= 4 is 91.7 Å².